The zero-order valence-corrected chi connectivity index (χ0v) is 9.66. The van der Waals surface area contributed by atoms with E-state index in [4.69, 9.17) is 14.9 Å². The van der Waals surface area contributed by atoms with Crippen molar-refractivity contribution in [1.29, 1.82) is 0 Å². The summed E-state index contributed by atoms with van der Waals surface area (Å²) in [6.45, 7) is 2.31. The first kappa shape index (κ1) is 13.9. The number of aromatic hydroxyl groups is 1. The van der Waals surface area contributed by atoms with Crippen LogP contribution >= 0.6 is 0 Å². The van der Waals surface area contributed by atoms with Gasteiger partial charge in [-0.2, -0.15) is 0 Å². The van der Waals surface area contributed by atoms with Crippen LogP contribution in [0, 0.1) is 5.82 Å². The Morgan fingerprint density at radius 2 is 2.12 bits per heavy atom. The van der Waals surface area contributed by atoms with Crippen molar-refractivity contribution in [2.24, 2.45) is 0 Å². The fourth-order valence-corrected chi connectivity index (χ4v) is 1.36. The minimum absolute atomic E-state index is 0.0419. The highest BCUT2D eigenvalue weighted by Crippen LogP contribution is 2.15. The van der Waals surface area contributed by atoms with Crippen LogP contribution in [0.1, 0.15) is 12.0 Å². The smallest absolute Gasteiger partial charge is 0.165 e. The first-order chi connectivity index (χ1) is 8.24. The van der Waals surface area contributed by atoms with Crippen LogP contribution < -0.4 is 5.32 Å². The van der Waals surface area contributed by atoms with Crippen LogP contribution in [0.25, 0.3) is 0 Å². The van der Waals surface area contributed by atoms with Crippen LogP contribution in [0.5, 0.6) is 5.75 Å². The number of rotatable bonds is 8. The summed E-state index contributed by atoms with van der Waals surface area (Å²) in [4.78, 5) is 0. The lowest BCUT2D eigenvalue weighted by Crippen LogP contribution is -2.16. The third-order valence-electron chi connectivity index (χ3n) is 2.22. The highest BCUT2D eigenvalue weighted by molar-refractivity contribution is 5.27. The number of phenols is 1. The summed E-state index contributed by atoms with van der Waals surface area (Å²) in [7, 11) is 0. The molecular formula is C12H18FNO3. The van der Waals surface area contributed by atoms with E-state index in [9.17, 15) is 4.39 Å². The van der Waals surface area contributed by atoms with Crippen LogP contribution in [-0.4, -0.2) is 36.6 Å². The Bertz CT molecular complexity index is 334. The molecule has 0 aromatic heterocycles. The monoisotopic (exact) mass is 243 g/mol. The van der Waals surface area contributed by atoms with Gasteiger partial charge in [-0.05, 0) is 30.7 Å². The van der Waals surface area contributed by atoms with Gasteiger partial charge >= 0.3 is 0 Å². The van der Waals surface area contributed by atoms with Gasteiger partial charge in [0.05, 0.1) is 13.2 Å². The second-order valence-electron chi connectivity index (χ2n) is 3.65. The molecule has 0 saturated heterocycles. The first-order valence-corrected chi connectivity index (χ1v) is 5.60. The van der Waals surface area contributed by atoms with Gasteiger partial charge in [-0.1, -0.05) is 6.07 Å². The quantitative estimate of drug-likeness (QED) is 0.597. The minimum atomic E-state index is -0.601. The van der Waals surface area contributed by atoms with Gasteiger partial charge in [0.25, 0.3) is 0 Å². The van der Waals surface area contributed by atoms with E-state index in [0.717, 1.165) is 18.5 Å². The van der Waals surface area contributed by atoms with Gasteiger partial charge in [0.1, 0.15) is 0 Å². The Kier molecular flexibility index (Phi) is 6.54. The summed E-state index contributed by atoms with van der Waals surface area (Å²) >= 11 is 0. The van der Waals surface area contributed by atoms with Crippen molar-refractivity contribution in [3.63, 3.8) is 0 Å². The number of nitrogens with one attached hydrogen (secondary N) is 1. The van der Waals surface area contributed by atoms with E-state index in [-0.39, 0.29) is 12.4 Å². The van der Waals surface area contributed by atoms with Gasteiger partial charge in [0.15, 0.2) is 11.6 Å². The molecular weight excluding hydrogens is 225 g/mol. The molecule has 0 amide bonds. The lowest BCUT2D eigenvalue weighted by molar-refractivity contribution is 0.0907. The molecule has 0 aliphatic heterocycles. The van der Waals surface area contributed by atoms with Crippen molar-refractivity contribution >= 4 is 0 Å². The Labute approximate surface area is 100 Å². The average molecular weight is 243 g/mol. The van der Waals surface area contributed by atoms with Gasteiger partial charge in [-0.25, -0.2) is 4.39 Å². The van der Waals surface area contributed by atoms with E-state index in [1.54, 1.807) is 6.07 Å². The summed E-state index contributed by atoms with van der Waals surface area (Å²) < 4.78 is 18.1. The van der Waals surface area contributed by atoms with Crippen molar-refractivity contribution in [2.45, 2.75) is 13.0 Å². The standard InChI is InChI=1S/C12H18FNO3/c13-11-8-10(2-3-12(11)16)9-14-4-1-6-17-7-5-15/h2-3,8,14-16H,1,4-7,9H2. The van der Waals surface area contributed by atoms with E-state index >= 15 is 0 Å². The van der Waals surface area contributed by atoms with Gasteiger partial charge in [-0.3, -0.25) is 0 Å². The molecule has 1 rings (SSSR count). The fourth-order valence-electron chi connectivity index (χ4n) is 1.36. The molecule has 0 aliphatic rings. The van der Waals surface area contributed by atoms with E-state index in [1.807, 2.05) is 0 Å². The molecule has 1 aromatic rings. The third kappa shape index (κ3) is 5.63. The summed E-state index contributed by atoms with van der Waals surface area (Å²) in [6.07, 6.45) is 0.834. The van der Waals surface area contributed by atoms with Crippen molar-refractivity contribution < 1.29 is 19.3 Å². The summed E-state index contributed by atoms with van der Waals surface area (Å²) in [5, 5.41) is 20.6. The molecule has 0 radical (unpaired) electrons. The average Bonchev–Trinajstić information content (AvgIpc) is 2.32. The molecule has 0 bridgehead atoms. The van der Waals surface area contributed by atoms with Crippen molar-refractivity contribution in [1.82, 2.24) is 5.32 Å². The fraction of sp³-hybridized carbons (Fsp3) is 0.500. The molecule has 0 fully saturated rings. The number of aliphatic hydroxyl groups excluding tert-OH is 1. The molecule has 96 valence electrons. The normalized spacial score (nSPS) is 10.7. The van der Waals surface area contributed by atoms with Gasteiger partial charge in [0.2, 0.25) is 0 Å². The van der Waals surface area contributed by atoms with Crippen LogP contribution in [0.4, 0.5) is 4.39 Å². The second kappa shape index (κ2) is 8.00. The predicted octanol–water partition coefficient (Wildman–Crippen LogP) is 1.02. The molecule has 0 spiro atoms. The topological polar surface area (TPSA) is 61.7 Å². The SMILES string of the molecule is OCCOCCCNCc1ccc(O)c(F)c1. The maximum absolute atomic E-state index is 13.0. The number of hydrogen-bond donors (Lipinski definition) is 3. The Balaban J connectivity index is 2.11. The van der Waals surface area contributed by atoms with E-state index in [1.165, 1.54) is 12.1 Å². The summed E-state index contributed by atoms with van der Waals surface area (Å²) in [5.74, 6) is -0.929. The molecule has 0 heterocycles. The molecule has 0 saturated carbocycles. The van der Waals surface area contributed by atoms with Crippen molar-refractivity contribution in [2.75, 3.05) is 26.4 Å². The van der Waals surface area contributed by atoms with Gasteiger partial charge in [0, 0.05) is 13.2 Å². The lowest BCUT2D eigenvalue weighted by Gasteiger charge is -2.06. The highest BCUT2D eigenvalue weighted by Gasteiger charge is 2.00. The van der Waals surface area contributed by atoms with Gasteiger partial charge in [-0.15, -0.1) is 0 Å². The number of hydrogen-bond acceptors (Lipinski definition) is 4. The van der Waals surface area contributed by atoms with Gasteiger partial charge < -0.3 is 20.3 Å². The number of phenolic OH excluding ortho intramolecular Hbond substituents is 1. The molecule has 1 aromatic carbocycles. The Morgan fingerprint density at radius 3 is 2.82 bits per heavy atom. The summed E-state index contributed by atoms with van der Waals surface area (Å²) in [5.41, 5.74) is 0.788. The zero-order chi connectivity index (χ0) is 12.5. The lowest BCUT2D eigenvalue weighted by atomic mass is 10.2. The van der Waals surface area contributed by atoms with E-state index in [0.29, 0.717) is 19.8 Å². The number of benzene rings is 1. The molecule has 0 unspecified atom stereocenters. The second-order valence-corrected chi connectivity index (χ2v) is 3.65. The van der Waals surface area contributed by atoms with Crippen LogP contribution in [0.15, 0.2) is 18.2 Å². The van der Waals surface area contributed by atoms with Crippen molar-refractivity contribution in [3.05, 3.63) is 29.6 Å². The Morgan fingerprint density at radius 1 is 1.29 bits per heavy atom. The summed E-state index contributed by atoms with van der Waals surface area (Å²) in [6, 6.07) is 4.33. The zero-order valence-electron chi connectivity index (χ0n) is 9.66. The highest BCUT2D eigenvalue weighted by atomic mass is 19.1. The minimum Gasteiger partial charge on any atom is -0.505 e. The maximum Gasteiger partial charge on any atom is 0.165 e. The molecule has 3 N–H and O–H groups in total. The predicted molar refractivity (Wildman–Crippen MR) is 62.3 cm³/mol. The number of halogens is 1. The first-order valence-electron chi connectivity index (χ1n) is 5.60. The number of aliphatic hydroxyl groups is 1. The van der Waals surface area contributed by atoms with Crippen LogP contribution in [0.3, 0.4) is 0 Å². The number of ether oxygens (including phenoxy) is 1. The maximum atomic E-state index is 13.0. The molecule has 0 atom stereocenters. The van der Waals surface area contributed by atoms with Crippen LogP contribution in [0.2, 0.25) is 0 Å². The van der Waals surface area contributed by atoms with Crippen LogP contribution in [-0.2, 0) is 11.3 Å². The molecule has 17 heavy (non-hydrogen) atoms. The largest absolute Gasteiger partial charge is 0.505 e. The Hall–Kier alpha value is -1.17. The molecule has 4 nitrogen and oxygen atoms in total. The molecule has 5 heteroatoms. The third-order valence-corrected chi connectivity index (χ3v) is 2.22. The van der Waals surface area contributed by atoms with Crippen molar-refractivity contribution in [3.8, 4) is 5.75 Å². The van der Waals surface area contributed by atoms with E-state index < -0.39 is 5.82 Å². The van der Waals surface area contributed by atoms with E-state index in [2.05, 4.69) is 5.32 Å². The molecule has 0 aliphatic carbocycles.